The molecule has 6 nitrogen and oxygen atoms in total. The lowest BCUT2D eigenvalue weighted by Gasteiger charge is -2.16. The molecule has 0 radical (unpaired) electrons. The first-order valence-corrected chi connectivity index (χ1v) is 12.6. The third-order valence-corrected chi connectivity index (χ3v) is 6.95. The number of nitrogens with zero attached hydrogens (tertiary/aromatic N) is 1. The highest BCUT2D eigenvalue weighted by molar-refractivity contribution is 9.10. The summed E-state index contributed by atoms with van der Waals surface area (Å²) in [5, 5.41) is 2.77. The number of hydrogen-bond donors (Lipinski definition) is 1. The largest absolute Gasteiger partial charge is 0.493 e. The zero-order valence-electron chi connectivity index (χ0n) is 18.9. The first-order chi connectivity index (χ1) is 16.9. The lowest BCUT2D eigenvalue weighted by atomic mass is 10.1. The molecule has 0 atom stereocenters. The molecule has 1 saturated heterocycles. The summed E-state index contributed by atoms with van der Waals surface area (Å²) in [7, 11) is 1.52. The van der Waals surface area contributed by atoms with E-state index >= 15 is 0 Å². The minimum absolute atomic E-state index is 0.168. The third kappa shape index (κ3) is 5.93. The minimum Gasteiger partial charge on any atom is -0.493 e. The molecule has 1 N–H and O–H groups in total. The second kappa shape index (κ2) is 11.1. The molecule has 1 heterocycles. The number of hydrogen-bond acceptors (Lipinski definition) is 6. The van der Waals surface area contributed by atoms with Crippen molar-refractivity contribution in [3.8, 4) is 11.5 Å². The first kappa shape index (κ1) is 25.0. The number of amides is 2. The van der Waals surface area contributed by atoms with Crippen LogP contribution in [0.4, 0.5) is 11.4 Å². The number of nitrogens with one attached hydrogen (secondary N) is 1. The van der Waals surface area contributed by atoms with Crippen molar-refractivity contribution in [3.63, 3.8) is 0 Å². The molecule has 0 unspecified atom stereocenters. The van der Waals surface area contributed by atoms with Gasteiger partial charge in [-0.1, -0.05) is 64.2 Å². The lowest BCUT2D eigenvalue weighted by molar-refractivity contribution is -0.118. The number of halogens is 1. The molecule has 4 rings (SSSR count). The van der Waals surface area contributed by atoms with E-state index in [0.29, 0.717) is 26.4 Å². The first-order valence-electron chi connectivity index (χ1n) is 10.6. The number of aryl methyl sites for hydroxylation is 1. The van der Waals surface area contributed by atoms with Gasteiger partial charge in [0, 0.05) is 10.2 Å². The Hall–Kier alpha value is -3.14. The predicted octanol–water partition coefficient (Wildman–Crippen LogP) is 6.19. The maximum atomic E-state index is 13.1. The molecule has 0 aliphatic carbocycles. The molecule has 3 aromatic carbocycles. The van der Waals surface area contributed by atoms with Gasteiger partial charge in [0.15, 0.2) is 22.4 Å². The Morgan fingerprint density at radius 1 is 1.11 bits per heavy atom. The molecule has 0 saturated carbocycles. The number of carbonyl (C=O) groups excluding carboxylic acids is 2. The summed E-state index contributed by atoms with van der Waals surface area (Å²) >= 11 is 10.1. The SMILES string of the molecule is COc1cc(/C=C2\SC(=S)N(c3ccccc3C)C2=O)ccc1OCC(=O)Nc1ccc(Br)cc1. The number of anilines is 2. The number of thioether (sulfide) groups is 1. The highest BCUT2D eigenvalue weighted by Crippen LogP contribution is 2.38. The van der Waals surface area contributed by atoms with Crippen LogP contribution in [0.5, 0.6) is 11.5 Å². The number of methoxy groups -OCH3 is 1. The molecule has 0 spiro atoms. The van der Waals surface area contributed by atoms with Crippen LogP contribution < -0.4 is 19.7 Å². The van der Waals surface area contributed by atoms with Gasteiger partial charge in [0.05, 0.1) is 17.7 Å². The van der Waals surface area contributed by atoms with E-state index in [-0.39, 0.29) is 18.4 Å². The van der Waals surface area contributed by atoms with Gasteiger partial charge in [-0.25, -0.2) is 0 Å². The number of carbonyl (C=O) groups is 2. The average molecular weight is 570 g/mol. The van der Waals surface area contributed by atoms with E-state index in [1.54, 1.807) is 41.3 Å². The number of para-hydroxylation sites is 1. The lowest BCUT2D eigenvalue weighted by Crippen LogP contribution is -2.28. The maximum absolute atomic E-state index is 13.1. The van der Waals surface area contributed by atoms with Gasteiger partial charge in [-0.15, -0.1) is 0 Å². The molecule has 178 valence electrons. The Morgan fingerprint density at radius 2 is 1.86 bits per heavy atom. The van der Waals surface area contributed by atoms with Crippen LogP contribution >= 0.6 is 39.9 Å². The third-order valence-electron chi connectivity index (χ3n) is 5.12. The highest BCUT2D eigenvalue weighted by Gasteiger charge is 2.34. The van der Waals surface area contributed by atoms with Crippen LogP contribution in [0.3, 0.4) is 0 Å². The van der Waals surface area contributed by atoms with E-state index in [9.17, 15) is 9.59 Å². The average Bonchev–Trinajstić information content (AvgIpc) is 3.12. The summed E-state index contributed by atoms with van der Waals surface area (Å²) in [6.07, 6.45) is 1.77. The molecule has 0 aromatic heterocycles. The van der Waals surface area contributed by atoms with Gasteiger partial charge in [-0.05, 0) is 66.6 Å². The Labute approximate surface area is 221 Å². The molecule has 1 aliphatic rings. The molecule has 1 fully saturated rings. The maximum Gasteiger partial charge on any atom is 0.270 e. The predicted molar refractivity (Wildman–Crippen MR) is 148 cm³/mol. The highest BCUT2D eigenvalue weighted by atomic mass is 79.9. The van der Waals surface area contributed by atoms with Crippen LogP contribution in [0.25, 0.3) is 6.08 Å². The van der Waals surface area contributed by atoms with E-state index in [2.05, 4.69) is 21.2 Å². The smallest absolute Gasteiger partial charge is 0.270 e. The topological polar surface area (TPSA) is 67.9 Å². The molecule has 35 heavy (non-hydrogen) atoms. The van der Waals surface area contributed by atoms with Crippen LogP contribution in [-0.2, 0) is 9.59 Å². The Kier molecular flexibility index (Phi) is 7.90. The van der Waals surface area contributed by atoms with Crippen molar-refractivity contribution in [2.45, 2.75) is 6.92 Å². The van der Waals surface area contributed by atoms with Crippen molar-refractivity contribution in [2.75, 3.05) is 23.9 Å². The molecule has 9 heteroatoms. The molecule has 2 amide bonds. The van der Waals surface area contributed by atoms with Crippen LogP contribution in [-0.4, -0.2) is 29.9 Å². The fourth-order valence-electron chi connectivity index (χ4n) is 3.41. The Bertz CT molecular complexity index is 1330. The molecule has 3 aromatic rings. The second-order valence-electron chi connectivity index (χ2n) is 7.56. The number of benzene rings is 3. The molecular weight excluding hydrogens is 548 g/mol. The number of thiocarbonyl (C=S) groups is 1. The van der Waals surface area contributed by atoms with Crippen LogP contribution in [0.15, 0.2) is 76.1 Å². The van der Waals surface area contributed by atoms with Gasteiger partial charge in [-0.2, -0.15) is 0 Å². The van der Waals surface area contributed by atoms with E-state index in [4.69, 9.17) is 21.7 Å². The summed E-state index contributed by atoms with van der Waals surface area (Å²) in [6.45, 7) is 1.77. The van der Waals surface area contributed by atoms with Crippen molar-refractivity contribution in [1.82, 2.24) is 0 Å². The Balaban J connectivity index is 1.46. The van der Waals surface area contributed by atoms with Crippen molar-refractivity contribution in [3.05, 3.63) is 87.2 Å². The summed E-state index contributed by atoms with van der Waals surface area (Å²) in [5.74, 6) is 0.407. The van der Waals surface area contributed by atoms with Crippen LogP contribution in [0, 0.1) is 6.92 Å². The summed E-state index contributed by atoms with van der Waals surface area (Å²) in [4.78, 5) is 27.4. The van der Waals surface area contributed by atoms with Crippen molar-refractivity contribution < 1.29 is 19.1 Å². The van der Waals surface area contributed by atoms with Gasteiger partial charge in [-0.3, -0.25) is 14.5 Å². The minimum atomic E-state index is -0.293. The zero-order valence-corrected chi connectivity index (χ0v) is 22.1. The normalized spacial score (nSPS) is 14.4. The Morgan fingerprint density at radius 3 is 2.57 bits per heavy atom. The van der Waals surface area contributed by atoms with Crippen molar-refractivity contribution in [1.29, 1.82) is 0 Å². The van der Waals surface area contributed by atoms with Crippen LogP contribution in [0.1, 0.15) is 11.1 Å². The number of ether oxygens (including phenoxy) is 2. The van der Waals surface area contributed by atoms with Gasteiger partial charge in [0.2, 0.25) is 0 Å². The zero-order chi connectivity index (χ0) is 24.9. The van der Waals surface area contributed by atoms with Crippen LogP contribution in [0.2, 0.25) is 0 Å². The van der Waals surface area contributed by atoms with Gasteiger partial charge >= 0.3 is 0 Å². The fraction of sp³-hybridized carbons (Fsp3) is 0.115. The van der Waals surface area contributed by atoms with E-state index < -0.39 is 0 Å². The van der Waals surface area contributed by atoms with Gasteiger partial charge in [0.25, 0.3) is 11.8 Å². The van der Waals surface area contributed by atoms with Crippen molar-refractivity contribution >= 4 is 73.5 Å². The summed E-state index contributed by atoms with van der Waals surface area (Å²) in [5.41, 5.74) is 3.17. The second-order valence-corrected chi connectivity index (χ2v) is 10.1. The van der Waals surface area contributed by atoms with Gasteiger partial charge < -0.3 is 14.8 Å². The van der Waals surface area contributed by atoms with E-state index in [0.717, 1.165) is 21.3 Å². The molecular formula is C26H21BrN2O4S2. The summed E-state index contributed by atoms with van der Waals surface area (Å²) in [6, 6.07) is 20.1. The van der Waals surface area contributed by atoms with E-state index in [1.165, 1.54) is 18.9 Å². The molecule has 0 bridgehead atoms. The van der Waals surface area contributed by atoms with Gasteiger partial charge in [0.1, 0.15) is 0 Å². The molecule has 1 aliphatic heterocycles. The summed E-state index contributed by atoms with van der Waals surface area (Å²) < 4.78 is 12.5. The van der Waals surface area contributed by atoms with Crippen molar-refractivity contribution in [2.24, 2.45) is 0 Å². The monoisotopic (exact) mass is 568 g/mol. The quantitative estimate of drug-likeness (QED) is 0.271. The standard InChI is InChI=1S/C26H21BrN2O4S2/c1-16-5-3-4-6-20(16)29-25(31)23(35-26(29)34)14-17-7-12-21(22(13-17)32-2)33-15-24(30)28-19-10-8-18(27)9-11-19/h3-14H,15H2,1-2H3,(H,28,30)/b23-14-. The number of rotatable bonds is 7. The fourth-order valence-corrected chi connectivity index (χ4v) is 4.96. The van der Waals surface area contributed by atoms with E-state index in [1.807, 2.05) is 43.3 Å².